The Morgan fingerprint density at radius 2 is 1.31 bits per heavy atom. The van der Waals surface area contributed by atoms with Gasteiger partial charge in [-0.25, -0.2) is 0 Å². The highest BCUT2D eigenvalue weighted by Crippen LogP contribution is 2.16. The number of thioether (sulfide) groups is 1. The molecule has 0 fully saturated rings. The van der Waals surface area contributed by atoms with E-state index in [0.717, 1.165) is 0 Å². The van der Waals surface area contributed by atoms with Gasteiger partial charge in [-0.05, 0) is 29.5 Å². The topological polar surface area (TPSA) is 0 Å². The SMILES string of the molecule is CSc1ccc(C=Cc2ccccc2)cc1. The number of rotatable bonds is 3. The Hall–Kier alpha value is -1.47. The molecule has 16 heavy (non-hydrogen) atoms. The van der Waals surface area contributed by atoms with Crippen molar-refractivity contribution < 1.29 is 0 Å². The molecule has 0 saturated heterocycles. The van der Waals surface area contributed by atoms with Crippen molar-refractivity contribution in [2.24, 2.45) is 0 Å². The van der Waals surface area contributed by atoms with Gasteiger partial charge in [0.25, 0.3) is 0 Å². The van der Waals surface area contributed by atoms with E-state index >= 15 is 0 Å². The third-order valence-electron chi connectivity index (χ3n) is 2.38. The Bertz CT molecular complexity index is 455. The lowest BCUT2D eigenvalue weighted by Crippen LogP contribution is -1.73. The Morgan fingerprint density at radius 3 is 1.88 bits per heavy atom. The fourth-order valence-electron chi connectivity index (χ4n) is 1.47. The van der Waals surface area contributed by atoms with Gasteiger partial charge in [-0.2, -0.15) is 0 Å². The lowest BCUT2D eigenvalue weighted by Gasteiger charge is -1.97. The molecule has 0 aliphatic carbocycles. The lowest BCUT2D eigenvalue weighted by atomic mass is 10.1. The summed E-state index contributed by atoms with van der Waals surface area (Å²) < 4.78 is 0. The minimum absolute atomic E-state index is 1.23. The summed E-state index contributed by atoms with van der Waals surface area (Å²) in [6.45, 7) is 0. The van der Waals surface area contributed by atoms with E-state index in [1.54, 1.807) is 11.8 Å². The molecule has 0 spiro atoms. The largest absolute Gasteiger partial charge is 0.130 e. The van der Waals surface area contributed by atoms with Crippen molar-refractivity contribution in [1.29, 1.82) is 0 Å². The van der Waals surface area contributed by atoms with Gasteiger partial charge in [-0.1, -0.05) is 54.6 Å². The van der Waals surface area contributed by atoms with E-state index in [1.807, 2.05) is 6.07 Å². The van der Waals surface area contributed by atoms with Gasteiger partial charge in [0.05, 0.1) is 0 Å². The third kappa shape index (κ3) is 3.01. The van der Waals surface area contributed by atoms with Crippen LogP contribution in [-0.4, -0.2) is 6.26 Å². The molecular formula is C15H14S. The fourth-order valence-corrected chi connectivity index (χ4v) is 1.88. The van der Waals surface area contributed by atoms with Gasteiger partial charge < -0.3 is 0 Å². The zero-order valence-electron chi connectivity index (χ0n) is 9.26. The molecule has 0 aliphatic heterocycles. The standard InChI is InChI=1S/C15H14S/c1-16-15-11-9-14(10-12-15)8-7-13-5-3-2-4-6-13/h2-12H,1H3. The van der Waals surface area contributed by atoms with Crippen LogP contribution in [0.2, 0.25) is 0 Å². The van der Waals surface area contributed by atoms with E-state index in [1.165, 1.54) is 16.0 Å². The molecule has 2 aromatic carbocycles. The lowest BCUT2D eigenvalue weighted by molar-refractivity contribution is 1.45. The van der Waals surface area contributed by atoms with Gasteiger partial charge in [-0.15, -0.1) is 11.8 Å². The van der Waals surface area contributed by atoms with Crippen LogP contribution in [-0.2, 0) is 0 Å². The molecule has 0 aliphatic rings. The highest BCUT2D eigenvalue weighted by atomic mass is 32.2. The van der Waals surface area contributed by atoms with E-state index in [2.05, 4.69) is 66.9 Å². The second kappa shape index (κ2) is 5.57. The van der Waals surface area contributed by atoms with Crippen molar-refractivity contribution in [1.82, 2.24) is 0 Å². The van der Waals surface area contributed by atoms with Crippen molar-refractivity contribution in [2.45, 2.75) is 4.90 Å². The van der Waals surface area contributed by atoms with Crippen LogP contribution in [0.3, 0.4) is 0 Å². The molecule has 0 nitrogen and oxygen atoms in total. The van der Waals surface area contributed by atoms with Crippen molar-refractivity contribution in [3.63, 3.8) is 0 Å². The van der Waals surface area contributed by atoms with Gasteiger partial charge in [0, 0.05) is 4.90 Å². The highest BCUT2D eigenvalue weighted by molar-refractivity contribution is 7.98. The second-order valence-corrected chi connectivity index (χ2v) is 4.40. The predicted molar refractivity (Wildman–Crippen MR) is 73.6 cm³/mol. The minimum atomic E-state index is 1.23. The zero-order valence-corrected chi connectivity index (χ0v) is 10.1. The molecule has 0 atom stereocenters. The van der Waals surface area contributed by atoms with E-state index in [0.29, 0.717) is 0 Å². The normalized spacial score (nSPS) is 10.8. The molecule has 0 heterocycles. The van der Waals surface area contributed by atoms with Crippen LogP contribution in [0.15, 0.2) is 59.5 Å². The summed E-state index contributed by atoms with van der Waals surface area (Å²) in [4.78, 5) is 1.30. The first-order valence-electron chi connectivity index (χ1n) is 5.26. The maximum atomic E-state index is 2.15. The quantitative estimate of drug-likeness (QED) is 0.545. The summed E-state index contributed by atoms with van der Waals surface area (Å²) in [6, 6.07) is 18.9. The second-order valence-electron chi connectivity index (χ2n) is 3.52. The molecule has 0 radical (unpaired) electrons. The van der Waals surface area contributed by atoms with Crippen molar-refractivity contribution >= 4 is 23.9 Å². The van der Waals surface area contributed by atoms with E-state index in [-0.39, 0.29) is 0 Å². The van der Waals surface area contributed by atoms with Gasteiger partial charge >= 0.3 is 0 Å². The van der Waals surface area contributed by atoms with E-state index in [4.69, 9.17) is 0 Å². The van der Waals surface area contributed by atoms with Crippen molar-refractivity contribution in [2.75, 3.05) is 6.26 Å². The first kappa shape index (κ1) is 11.0. The molecule has 0 bridgehead atoms. The monoisotopic (exact) mass is 226 g/mol. The average molecular weight is 226 g/mol. The van der Waals surface area contributed by atoms with Crippen LogP contribution < -0.4 is 0 Å². The maximum absolute atomic E-state index is 2.15. The first-order chi connectivity index (χ1) is 7.88. The minimum Gasteiger partial charge on any atom is -0.130 e. The summed E-state index contributed by atoms with van der Waals surface area (Å²) in [5, 5.41) is 0. The van der Waals surface area contributed by atoms with E-state index < -0.39 is 0 Å². The summed E-state index contributed by atoms with van der Waals surface area (Å²) in [6.07, 6.45) is 6.36. The smallest absolute Gasteiger partial charge is 0.00695 e. The van der Waals surface area contributed by atoms with Crippen LogP contribution >= 0.6 is 11.8 Å². The number of hydrogen-bond acceptors (Lipinski definition) is 1. The highest BCUT2D eigenvalue weighted by Gasteiger charge is 1.89. The fraction of sp³-hybridized carbons (Fsp3) is 0.0667. The average Bonchev–Trinajstić information content (AvgIpc) is 2.38. The molecule has 0 saturated carbocycles. The van der Waals surface area contributed by atoms with Gasteiger partial charge in [0.1, 0.15) is 0 Å². The molecule has 0 unspecified atom stereocenters. The summed E-state index contributed by atoms with van der Waals surface area (Å²) in [7, 11) is 0. The van der Waals surface area contributed by atoms with Gasteiger partial charge in [0.2, 0.25) is 0 Å². The van der Waals surface area contributed by atoms with Crippen LogP contribution in [0, 0.1) is 0 Å². The summed E-state index contributed by atoms with van der Waals surface area (Å²) in [5.74, 6) is 0. The van der Waals surface area contributed by atoms with Crippen molar-refractivity contribution in [3.05, 3.63) is 65.7 Å². The Labute approximate surface area is 101 Å². The summed E-state index contributed by atoms with van der Waals surface area (Å²) >= 11 is 1.77. The van der Waals surface area contributed by atoms with E-state index in [9.17, 15) is 0 Å². The summed E-state index contributed by atoms with van der Waals surface area (Å²) in [5.41, 5.74) is 2.47. The molecular weight excluding hydrogens is 212 g/mol. The third-order valence-corrected chi connectivity index (χ3v) is 3.13. The Morgan fingerprint density at radius 1 is 0.750 bits per heavy atom. The predicted octanol–water partition coefficient (Wildman–Crippen LogP) is 4.58. The Balaban J connectivity index is 2.12. The molecule has 1 heteroatoms. The van der Waals surface area contributed by atoms with Crippen molar-refractivity contribution in [3.8, 4) is 0 Å². The van der Waals surface area contributed by atoms with Crippen LogP contribution in [0.4, 0.5) is 0 Å². The van der Waals surface area contributed by atoms with Crippen LogP contribution in [0.5, 0.6) is 0 Å². The van der Waals surface area contributed by atoms with Crippen LogP contribution in [0.25, 0.3) is 12.2 Å². The van der Waals surface area contributed by atoms with Crippen LogP contribution in [0.1, 0.15) is 11.1 Å². The van der Waals surface area contributed by atoms with Gasteiger partial charge in [0.15, 0.2) is 0 Å². The molecule has 0 aromatic heterocycles. The maximum Gasteiger partial charge on any atom is 0.00695 e. The molecule has 0 amide bonds. The van der Waals surface area contributed by atoms with Gasteiger partial charge in [-0.3, -0.25) is 0 Å². The number of benzene rings is 2. The zero-order chi connectivity index (χ0) is 11.2. The Kier molecular flexibility index (Phi) is 3.84. The molecule has 2 rings (SSSR count). The molecule has 80 valence electrons. The first-order valence-corrected chi connectivity index (χ1v) is 6.48. The molecule has 0 N–H and O–H groups in total. The number of hydrogen-bond donors (Lipinski definition) is 0. The molecule has 2 aromatic rings.